The molecule has 0 N–H and O–H groups in total. The molecular formula is C28H42F2O. The van der Waals surface area contributed by atoms with Crippen LogP contribution in [0.3, 0.4) is 0 Å². The van der Waals surface area contributed by atoms with Gasteiger partial charge in [-0.25, -0.2) is 4.39 Å². The molecule has 0 saturated heterocycles. The lowest BCUT2D eigenvalue weighted by Crippen LogP contribution is -2.23. The zero-order valence-electron chi connectivity index (χ0n) is 19.7. The zero-order chi connectivity index (χ0) is 22.1. The van der Waals surface area contributed by atoms with E-state index in [0.717, 1.165) is 61.9 Å². The predicted octanol–water partition coefficient (Wildman–Crippen LogP) is 9.10. The first-order valence-electron chi connectivity index (χ1n) is 12.9. The molecule has 3 heteroatoms. The monoisotopic (exact) mass is 432 g/mol. The van der Waals surface area contributed by atoms with Gasteiger partial charge in [-0.05, 0) is 74.0 Å². The molecule has 1 nitrogen and oxygen atoms in total. The normalized spacial score (nSPS) is 24.1. The van der Waals surface area contributed by atoms with Crippen LogP contribution < -0.4 is 4.74 Å². The van der Waals surface area contributed by atoms with Crippen LogP contribution in [0.2, 0.25) is 0 Å². The highest BCUT2D eigenvalue weighted by Gasteiger charge is 2.29. The first kappa shape index (κ1) is 24.3. The molecule has 0 aliphatic heterocycles. The Morgan fingerprint density at radius 2 is 1.58 bits per heavy atom. The van der Waals surface area contributed by atoms with E-state index in [2.05, 4.69) is 19.9 Å². The highest BCUT2D eigenvalue weighted by atomic mass is 19.2. The van der Waals surface area contributed by atoms with E-state index in [4.69, 9.17) is 4.74 Å². The maximum absolute atomic E-state index is 14.7. The summed E-state index contributed by atoms with van der Waals surface area (Å²) in [6.07, 6.45) is 19.1. The lowest BCUT2D eigenvalue weighted by Gasteiger charge is -2.35. The Morgan fingerprint density at radius 1 is 0.839 bits per heavy atom. The van der Waals surface area contributed by atoms with E-state index >= 15 is 0 Å². The van der Waals surface area contributed by atoms with Gasteiger partial charge in [0.25, 0.3) is 0 Å². The third-order valence-corrected chi connectivity index (χ3v) is 7.62. The Kier molecular flexibility index (Phi) is 9.87. The summed E-state index contributed by atoms with van der Waals surface area (Å²) >= 11 is 0. The van der Waals surface area contributed by atoms with Crippen molar-refractivity contribution in [3.63, 3.8) is 0 Å². The molecule has 3 rings (SSSR count). The quantitative estimate of drug-likeness (QED) is 0.317. The van der Waals surface area contributed by atoms with Crippen LogP contribution in [0.5, 0.6) is 5.75 Å². The Morgan fingerprint density at radius 3 is 2.26 bits per heavy atom. The molecule has 0 bridgehead atoms. The molecule has 0 heterocycles. The van der Waals surface area contributed by atoms with Gasteiger partial charge in [0.1, 0.15) is 0 Å². The minimum atomic E-state index is -0.835. The molecule has 1 unspecified atom stereocenters. The summed E-state index contributed by atoms with van der Waals surface area (Å²) in [6.45, 7) is 4.82. The van der Waals surface area contributed by atoms with Gasteiger partial charge in [0.05, 0.1) is 6.61 Å². The zero-order valence-corrected chi connectivity index (χ0v) is 19.7. The highest BCUT2D eigenvalue weighted by Crippen LogP contribution is 2.42. The van der Waals surface area contributed by atoms with Gasteiger partial charge in [-0.1, -0.05) is 71.3 Å². The smallest absolute Gasteiger partial charge is 0.201 e. The van der Waals surface area contributed by atoms with Crippen molar-refractivity contribution in [3.8, 4) is 5.75 Å². The first-order chi connectivity index (χ1) is 15.1. The largest absolute Gasteiger partial charge is 0.490 e. The summed E-state index contributed by atoms with van der Waals surface area (Å²) in [7, 11) is 0. The highest BCUT2D eigenvalue weighted by molar-refractivity contribution is 5.67. The van der Waals surface area contributed by atoms with E-state index in [-0.39, 0.29) is 5.75 Å². The third-order valence-electron chi connectivity index (χ3n) is 7.62. The molecule has 0 aromatic heterocycles. The van der Waals surface area contributed by atoms with Crippen LogP contribution in [-0.4, -0.2) is 6.61 Å². The van der Waals surface area contributed by atoms with Crippen molar-refractivity contribution >= 4 is 5.57 Å². The summed E-state index contributed by atoms with van der Waals surface area (Å²) in [6, 6.07) is 3.31. The van der Waals surface area contributed by atoms with Gasteiger partial charge < -0.3 is 4.74 Å². The van der Waals surface area contributed by atoms with E-state index in [1.165, 1.54) is 51.4 Å². The number of unbranched alkanes of at least 4 members (excludes halogenated alkanes) is 4. The van der Waals surface area contributed by atoms with Crippen molar-refractivity contribution in [2.45, 2.75) is 104 Å². The number of hydrogen-bond donors (Lipinski definition) is 0. The minimum Gasteiger partial charge on any atom is -0.490 e. The van der Waals surface area contributed by atoms with Gasteiger partial charge >= 0.3 is 0 Å². The number of allylic oxidation sites excluding steroid dienone is 2. The standard InChI is InChI=1S/C28H42F2O/c1-3-5-7-9-21-10-12-22(13-11-21)23-14-16-24(17-15-23)25-18-19-26(28(30)27(25)29)31-20-8-6-4-2/h16,18-19,21-23H,3-15,17,20H2,1-2H3. The Hall–Kier alpha value is -1.38. The molecule has 31 heavy (non-hydrogen) atoms. The molecule has 2 aliphatic carbocycles. The van der Waals surface area contributed by atoms with E-state index < -0.39 is 11.6 Å². The van der Waals surface area contributed by atoms with Crippen LogP contribution in [0.15, 0.2) is 18.2 Å². The van der Waals surface area contributed by atoms with E-state index in [1.54, 1.807) is 12.1 Å². The van der Waals surface area contributed by atoms with Crippen molar-refractivity contribution < 1.29 is 13.5 Å². The minimum absolute atomic E-state index is 0.0438. The van der Waals surface area contributed by atoms with Crippen LogP contribution in [-0.2, 0) is 0 Å². The topological polar surface area (TPSA) is 9.23 Å². The van der Waals surface area contributed by atoms with Crippen molar-refractivity contribution in [3.05, 3.63) is 35.4 Å². The Bertz CT molecular complexity index is 703. The summed E-state index contributed by atoms with van der Waals surface area (Å²) in [5.41, 5.74) is 1.40. The van der Waals surface area contributed by atoms with Gasteiger partial charge in [0.15, 0.2) is 11.6 Å². The summed E-state index contributed by atoms with van der Waals surface area (Å²) in [4.78, 5) is 0. The van der Waals surface area contributed by atoms with Crippen molar-refractivity contribution in [2.75, 3.05) is 6.61 Å². The molecule has 2 aliphatic rings. The lowest BCUT2D eigenvalue weighted by molar-refractivity contribution is 0.187. The van der Waals surface area contributed by atoms with Crippen molar-refractivity contribution in [1.82, 2.24) is 0 Å². The van der Waals surface area contributed by atoms with Crippen molar-refractivity contribution in [2.24, 2.45) is 17.8 Å². The maximum atomic E-state index is 14.7. The fourth-order valence-electron chi connectivity index (χ4n) is 5.58. The van der Waals surface area contributed by atoms with Crippen LogP contribution >= 0.6 is 0 Å². The maximum Gasteiger partial charge on any atom is 0.201 e. The number of rotatable bonds is 11. The summed E-state index contributed by atoms with van der Waals surface area (Å²) in [5, 5.41) is 0. The van der Waals surface area contributed by atoms with Crippen LogP contribution in [0, 0.1) is 29.4 Å². The van der Waals surface area contributed by atoms with Crippen LogP contribution in [0.4, 0.5) is 8.78 Å². The van der Waals surface area contributed by atoms with E-state index in [0.29, 0.717) is 12.2 Å². The molecule has 174 valence electrons. The second-order valence-corrected chi connectivity index (χ2v) is 9.84. The molecule has 0 spiro atoms. The molecule has 0 amide bonds. The molecular weight excluding hydrogens is 390 g/mol. The number of ether oxygens (including phenoxy) is 1. The van der Waals surface area contributed by atoms with Gasteiger partial charge in [-0.3, -0.25) is 0 Å². The lowest BCUT2D eigenvalue weighted by atomic mass is 9.70. The van der Waals surface area contributed by atoms with E-state index in [1.807, 2.05) is 0 Å². The van der Waals surface area contributed by atoms with Gasteiger partial charge in [0, 0.05) is 5.56 Å². The molecule has 1 aromatic carbocycles. The molecule has 1 atom stereocenters. The SMILES string of the molecule is CCCCCOc1ccc(C2=CCC(C3CCC(CCCCC)CC3)CC2)c(F)c1F. The van der Waals surface area contributed by atoms with E-state index in [9.17, 15) is 8.78 Å². The molecule has 1 aromatic rings. The number of benzene rings is 1. The summed E-state index contributed by atoms with van der Waals surface area (Å²) in [5.74, 6) is 0.943. The fraction of sp³-hybridized carbons (Fsp3) is 0.714. The average Bonchev–Trinajstić information content (AvgIpc) is 2.80. The second-order valence-electron chi connectivity index (χ2n) is 9.84. The van der Waals surface area contributed by atoms with Crippen LogP contribution in [0.25, 0.3) is 5.57 Å². The summed E-state index contributed by atoms with van der Waals surface area (Å²) < 4.78 is 34.7. The molecule has 1 fully saturated rings. The Balaban J connectivity index is 1.51. The first-order valence-corrected chi connectivity index (χ1v) is 12.9. The van der Waals surface area contributed by atoms with Gasteiger partial charge in [-0.15, -0.1) is 0 Å². The fourth-order valence-corrected chi connectivity index (χ4v) is 5.58. The Labute approximate surface area is 188 Å². The van der Waals surface area contributed by atoms with Crippen LogP contribution in [0.1, 0.15) is 109 Å². The predicted molar refractivity (Wildman–Crippen MR) is 126 cm³/mol. The molecule has 0 radical (unpaired) electrons. The average molecular weight is 433 g/mol. The third kappa shape index (κ3) is 6.80. The second kappa shape index (κ2) is 12.6. The number of halogens is 2. The molecule has 1 saturated carbocycles. The van der Waals surface area contributed by atoms with Gasteiger partial charge in [0.2, 0.25) is 5.82 Å². The van der Waals surface area contributed by atoms with Gasteiger partial charge in [-0.2, -0.15) is 4.39 Å². The van der Waals surface area contributed by atoms with Crippen molar-refractivity contribution in [1.29, 1.82) is 0 Å². The number of hydrogen-bond acceptors (Lipinski definition) is 1.